The minimum absolute atomic E-state index is 0.0831. The number of H-pyrrole nitrogens is 1. The number of amides is 1. The second-order valence-electron chi connectivity index (χ2n) is 7.41. The Kier molecular flexibility index (Phi) is 7.71. The lowest BCUT2D eigenvalue weighted by Gasteiger charge is -2.18. The van der Waals surface area contributed by atoms with Crippen molar-refractivity contribution in [1.29, 1.82) is 0 Å². The summed E-state index contributed by atoms with van der Waals surface area (Å²) in [4.78, 5) is 45.1. The molecule has 1 unspecified atom stereocenters. The largest absolute Gasteiger partial charge is 0.462 e. The highest BCUT2D eigenvalue weighted by atomic mass is 32.2. The molecule has 9 heteroatoms. The van der Waals surface area contributed by atoms with E-state index in [0.29, 0.717) is 33.8 Å². The van der Waals surface area contributed by atoms with Crippen LogP contribution < -0.4 is 10.9 Å². The summed E-state index contributed by atoms with van der Waals surface area (Å²) in [7, 11) is 0. The number of nitrogens with zero attached hydrogens (tertiary/aromatic N) is 1. The second-order valence-corrected chi connectivity index (χ2v) is 9.47. The molecule has 1 aliphatic carbocycles. The number of hydrogen-bond acceptors (Lipinski definition) is 7. The molecule has 0 spiro atoms. The van der Waals surface area contributed by atoms with Crippen molar-refractivity contribution in [3.63, 3.8) is 0 Å². The quantitative estimate of drug-likeness (QED) is 0.361. The number of nitrogens with one attached hydrogen (secondary N) is 2. The fourth-order valence-electron chi connectivity index (χ4n) is 3.49. The number of aryl methyl sites for hydroxylation is 1. The van der Waals surface area contributed by atoms with Crippen LogP contribution in [0.3, 0.4) is 0 Å². The van der Waals surface area contributed by atoms with Crippen LogP contribution in [0.15, 0.2) is 16.0 Å². The van der Waals surface area contributed by atoms with Crippen molar-refractivity contribution in [3.05, 3.63) is 38.1 Å². The molecule has 0 saturated carbocycles. The Balaban J connectivity index is 1.73. The number of rotatable bonds is 8. The lowest BCUT2D eigenvalue weighted by molar-refractivity contribution is -0.113. The minimum atomic E-state index is -0.384. The van der Waals surface area contributed by atoms with Gasteiger partial charge >= 0.3 is 5.97 Å². The number of ether oxygens (including phenoxy) is 1. The summed E-state index contributed by atoms with van der Waals surface area (Å²) < 4.78 is 5.24. The van der Waals surface area contributed by atoms with Gasteiger partial charge in [-0.25, -0.2) is 9.78 Å². The third-order valence-corrected chi connectivity index (χ3v) is 6.91. The Hall–Kier alpha value is -2.13. The monoisotopic (exact) mass is 449 g/mol. The van der Waals surface area contributed by atoms with Gasteiger partial charge in [0.15, 0.2) is 5.16 Å². The molecule has 0 radical (unpaired) electrons. The van der Waals surface area contributed by atoms with Gasteiger partial charge in [-0.05, 0) is 44.1 Å². The van der Waals surface area contributed by atoms with E-state index >= 15 is 0 Å². The lowest BCUT2D eigenvalue weighted by atomic mass is 9.88. The number of thioether (sulfide) groups is 1. The van der Waals surface area contributed by atoms with Crippen molar-refractivity contribution < 1.29 is 14.3 Å². The summed E-state index contributed by atoms with van der Waals surface area (Å²) in [5.74, 6) is 0.00911. The number of hydrogen-bond donors (Lipinski definition) is 2. The van der Waals surface area contributed by atoms with Crippen LogP contribution in [0, 0.1) is 5.92 Å². The first-order chi connectivity index (χ1) is 14.4. The van der Waals surface area contributed by atoms with Crippen molar-refractivity contribution in [1.82, 2.24) is 9.97 Å². The van der Waals surface area contributed by atoms with Gasteiger partial charge in [0.25, 0.3) is 5.56 Å². The molecule has 0 saturated heterocycles. The average molecular weight is 450 g/mol. The third-order valence-electron chi connectivity index (χ3n) is 4.86. The highest BCUT2D eigenvalue weighted by Crippen LogP contribution is 2.40. The first-order valence-corrected chi connectivity index (χ1v) is 12.1. The zero-order chi connectivity index (χ0) is 21.7. The Morgan fingerprint density at radius 2 is 2.20 bits per heavy atom. The van der Waals surface area contributed by atoms with E-state index in [4.69, 9.17) is 4.74 Å². The first-order valence-electron chi connectivity index (χ1n) is 10.3. The molecule has 1 atom stereocenters. The molecule has 2 aromatic heterocycles. The van der Waals surface area contributed by atoms with Gasteiger partial charge in [0.2, 0.25) is 5.91 Å². The number of aromatic amines is 1. The summed E-state index contributed by atoms with van der Waals surface area (Å²) >= 11 is 2.64. The molecule has 0 fully saturated rings. The van der Waals surface area contributed by atoms with E-state index in [0.717, 1.165) is 36.1 Å². The van der Waals surface area contributed by atoms with Gasteiger partial charge in [-0.3, -0.25) is 9.59 Å². The van der Waals surface area contributed by atoms with E-state index in [1.165, 1.54) is 29.2 Å². The first kappa shape index (κ1) is 22.6. The number of anilines is 1. The Morgan fingerprint density at radius 3 is 2.93 bits per heavy atom. The predicted octanol–water partition coefficient (Wildman–Crippen LogP) is 3.82. The molecule has 162 valence electrons. The SMILES string of the molecule is CCCc1cc(=O)[nH]c(SCC(=O)Nc2sc3c(c2C(=O)OCC)CCC(C)C3)n1. The number of thiophene rings is 1. The third kappa shape index (κ3) is 5.51. The van der Waals surface area contributed by atoms with Crippen LogP contribution in [0.25, 0.3) is 0 Å². The molecular weight excluding hydrogens is 422 g/mol. The maximum absolute atomic E-state index is 12.6. The summed E-state index contributed by atoms with van der Waals surface area (Å²) in [5.41, 5.74) is 2.01. The molecule has 1 amide bonds. The average Bonchev–Trinajstić information content (AvgIpc) is 3.03. The van der Waals surface area contributed by atoms with Crippen LogP contribution in [-0.2, 0) is 28.8 Å². The molecule has 1 aliphatic rings. The van der Waals surface area contributed by atoms with Crippen LogP contribution in [0.5, 0.6) is 0 Å². The van der Waals surface area contributed by atoms with Gasteiger partial charge < -0.3 is 15.0 Å². The fourth-order valence-corrected chi connectivity index (χ4v) is 5.60. The van der Waals surface area contributed by atoms with E-state index in [-0.39, 0.29) is 29.8 Å². The maximum atomic E-state index is 12.6. The standard InChI is InChI=1S/C21H27N3O4S2/c1-4-6-13-10-16(25)24-21(22-13)29-11-17(26)23-19-18(20(27)28-5-2)14-8-7-12(3)9-15(14)30-19/h10,12H,4-9,11H2,1-3H3,(H,23,26)(H,22,24,25). The lowest BCUT2D eigenvalue weighted by Crippen LogP contribution is -2.18. The Morgan fingerprint density at radius 1 is 1.40 bits per heavy atom. The zero-order valence-corrected chi connectivity index (χ0v) is 19.1. The molecule has 3 rings (SSSR count). The molecule has 2 aromatic rings. The van der Waals surface area contributed by atoms with Crippen LogP contribution in [0.1, 0.15) is 60.1 Å². The van der Waals surface area contributed by atoms with Gasteiger partial charge in [-0.1, -0.05) is 32.0 Å². The van der Waals surface area contributed by atoms with Crippen molar-refractivity contribution >= 4 is 40.0 Å². The Bertz CT molecular complexity index is 983. The molecule has 2 heterocycles. The summed E-state index contributed by atoms with van der Waals surface area (Å²) in [6.07, 6.45) is 4.35. The molecule has 0 aromatic carbocycles. The van der Waals surface area contributed by atoms with Crippen LogP contribution >= 0.6 is 23.1 Å². The van der Waals surface area contributed by atoms with Gasteiger partial charge in [0, 0.05) is 16.6 Å². The van der Waals surface area contributed by atoms with Gasteiger partial charge in [-0.15, -0.1) is 11.3 Å². The summed E-state index contributed by atoms with van der Waals surface area (Å²) in [6.45, 7) is 6.28. The molecule has 7 nitrogen and oxygen atoms in total. The highest BCUT2D eigenvalue weighted by Gasteiger charge is 2.29. The fraction of sp³-hybridized carbons (Fsp3) is 0.524. The number of esters is 1. The zero-order valence-electron chi connectivity index (χ0n) is 17.5. The number of fused-ring (bicyclic) bond motifs is 1. The van der Waals surface area contributed by atoms with Crippen molar-refractivity contribution in [2.75, 3.05) is 17.7 Å². The minimum Gasteiger partial charge on any atom is -0.462 e. The second kappa shape index (κ2) is 10.3. The highest BCUT2D eigenvalue weighted by molar-refractivity contribution is 7.99. The normalized spacial score (nSPS) is 15.5. The molecule has 0 bridgehead atoms. The number of carbonyl (C=O) groups excluding carboxylic acids is 2. The predicted molar refractivity (Wildman–Crippen MR) is 120 cm³/mol. The van der Waals surface area contributed by atoms with Crippen LogP contribution in [0.2, 0.25) is 0 Å². The molecular formula is C21H27N3O4S2. The van der Waals surface area contributed by atoms with Crippen molar-refractivity contribution in [2.45, 2.75) is 58.0 Å². The molecule has 30 heavy (non-hydrogen) atoms. The number of aromatic nitrogens is 2. The Labute approximate surface area is 184 Å². The van der Waals surface area contributed by atoms with E-state index in [9.17, 15) is 14.4 Å². The summed E-state index contributed by atoms with van der Waals surface area (Å²) in [5, 5.41) is 3.86. The van der Waals surface area contributed by atoms with Gasteiger partial charge in [0.1, 0.15) is 5.00 Å². The smallest absolute Gasteiger partial charge is 0.341 e. The molecule has 2 N–H and O–H groups in total. The van der Waals surface area contributed by atoms with Crippen LogP contribution in [-0.4, -0.2) is 34.2 Å². The summed E-state index contributed by atoms with van der Waals surface area (Å²) in [6, 6.07) is 1.48. The van der Waals surface area contributed by atoms with E-state index in [2.05, 4.69) is 22.2 Å². The maximum Gasteiger partial charge on any atom is 0.341 e. The van der Waals surface area contributed by atoms with Crippen molar-refractivity contribution in [2.24, 2.45) is 5.92 Å². The van der Waals surface area contributed by atoms with Crippen LogP contribution in [0.4, 0.5) is 5.00 Å². The van der Waals surface area contributed by atoms with E-state index in [1.807, 2.05) is 6.92 Å². The van der Waals surface area contributed by atoms with Crippen molar-refractivity contribution in [3.8, 4) is 0 Å². The molecule has 0 aliphatic heterocycles. The number of carbonyl (C=O) groups is 2. The van der Waals surface area contributed by atoms with Gasteiger partial charge in [0.05, 0.1) is 17.9 Å². The van der Waals surface area contributed by atoms with Gasteiger partial charge in [-0.2, -0.15) is 0 Å². The van der Waals surface area contributed by atoms with E-state index < -0.39 is 0 Å². The van der Waals surface area contributed by atoms with E-state index in [1.54, 1.807) is 6.92 Å². The topological polar surface area (TPSA) is 101 Å².